The summed E-state index contributed by atoms with van der Waals surface area (Å²) in [6.45, 7) is 10.2. The summed E-state index contributed by atoms with van der Waals surface area (Å²) >= 11 is 0. The molecular formula is C10H19NO2. The van der Waals surface area contributed by atoms with E-state index >= 15 is 0 Å². The van der Waals surface area contributed by atoms with Crippen molar-refractivity contribution in [2.24, 2.45) is 0 Å². The zero-order valence-corrected chi connectivity index (χ0v) is 8.96. The van der Waals surface area contributed by atoms with Crippen molar-refractivity contribution in [2.75, 3.05) is 20.2 Å². The molecule has 0 rings (SSSR count). The van der Waals surface area contributed by atoms with E-state index in [0.29, 0.717) is 6.54 Å². The molecule has 0 unspecified atom stereocenters. The maximum absolute atomic E-state index is 11.3. The van der Waals surface area contributed by atoms with E-state index in [0.717, 1.165) is 5.57 Å². The second-order valence-electron chi connectivity index (χ2n) is 3.57. The largest absolute Gasteiger partial charge is 0.369 e. The van der Waals surface area contributed by atoms with Crippen LogP contribution in [0, 0.1) is 0 Å². The van der Waals surface area contributed by atoms with Gasteiger partial charge in [0.2, 0.25) is 5.91 Å². The molecule has 1 amide bonds. The van der Waals surface area contributed by atoms with Crippen molar-refractivity contribution < 1.29 is 9.53 Å². The van der Waals surface area contributed by atoms with Crippen molar-refractivity contribution >= 4 is 5.91 Å². The van der Waals surface area contributed by atoms with E-state index in [1.54, 1.807) is 11.9 Å². The Morgan fingerprint density at radius 3 is 2.46 bits per heavy atom. The third-order valence-electron chi connectivity index (χ3n) is 1.47. The molecule has 0 aromatic carbocycles. The molecule has 0 bridgehead atoms. The normalized spacial score (nSPS) is 10.2. The molecule has 0 saturated heterocycles. The number of likely N-dealkylation sites (N-methyl/N-ethyl adjacent to an activating group) is 1. The van der Waals surface area contributed by atoms with Crippen LogP contribution in [0.4, 0.5) is 0 Å². The van der Waals surface area contributed by atoms with E-state index < -0.39 is 0 Å². The lowest BCUT2D eigenvalue weighted by Crippen LogP contribution is -2.32. The summed E-state index contributed by atoms with van der Waals surface area (Å²) in [5, 5.41) is 0. The van der Waals surface area contributed by atoms with Crippen LogP contribution in [0.1, 0.15) is 20.8 Å². The van der Waals surface area contributed by atoms with Crippen molar-refractivity contribution in [1.82, 2.24) is 4.90 Å². The lowest BCUT2D eigenvalue weighted by Gasteiger charge is -2.17. The molecule has 0 heterocycles. The van der Waals surface area contributed by atoms with Gasteiger partial charge in [0.15, 0.2) is 0 Å². The highest BCUT2D eigenvalue weighted by Gasteiger charge is 2.08. The van der Waals surface area contributed by atoms with E-state index in [9.17, 15) is 4.79 Å². The number of nitrogens with zero attached hydrogens (tertiary/aromatic N) is 1. The van der Waals surface area contributed by atoms with Gasteiger partial charge in [0.05, 0.1) is 6.10 Å². The Hall–Kier alpha value is -0.830. The fourth-order valence-electron chi connectivity index (χ4n) is 0.841. The second-order valence-corrected chi connectivity index (χ2v) is 3.57. The molecule has 0 aromatic rings. The van der Waals surface area contributed by atoms with Gasteiger partial charge in [0.1, 0.15) is 6.61 Å². The third-order valence-corrected chi connectivity index (χ3v) is 1.47. The van der Waals surface area contributed by atoms with E-state index in [2.05, 4.69) is 6.58 Å². The highest BCUT2D eigenvalue weighted by molar-refractivity contribution is 5.77. The fourth-order valence-corrected chi connectivity index (χ4v) is 0.841. The van der Waals surface area contributed by atoms with Crippen molar-refractivity contribution in [3.63, 3.8) is 0 Å². The molecular weight excluding hydrogens is 166 g/mol. The number of carbonyl (C=O) groups excluding carboxylic acids is 1. The predicted octanol–water partition coefficient (Wildman–Crippen LogP) is 1.45. The van der Waals surface area contributed by atoms with Gasteiger partial charge in [-0.2, -0.15) is 0 Å². The van der Waals surface area contributed by atoms with E-state index in [1.165, 1.54) is 0 Å². The molecule has 0 aromatic heterocycles. The van der Waals surface area contributed by atoms with Crippen LogP contribution in [0.3, 0.4) is 0 Å². The number of hydrogen-bond acceptors (Lipinski definition) is 2. The Bertz CT molecular complexity index is 187. The summed E-state index contributed by atoms with van der Waals surface area (Å²) in [6, 6.07) is 0. The molecule has 0 aliphatic rings. The highest BCUT2D eigenvalue weighted by Crippen LogP contribution is 1.95. The van der Waals surface area contributed by atoms with Crippen LogP contribution >= 0.6 is 0 Å². The van der Waals surface area contributed by atoms with Gasteiger partial charge < -0.3 is 9.64 Å². The first-order valence-corrected chi connectivity index (χ1v) is 4.43. The number of ether oxygens (including phenoxy) is 1. The topological polar surface area (TPSA) is 29.5 Å². The van der Waals surface area contributed by atoms with Crippen LogP contribution in [0.2, 0.25) is 0 Å². The van der Waals surface area contributed by atoms with Crippen LogP contribution in [-0.4, -0.2) is 37.1 Å². The standard InChI is InChI=1S/C10H19NO2/c1-8(2)6-11(5)10(12)7-13-9(3)4/h9H,1,6-7H2,2-5H3. The van der Waals surface area contributed by atoms with Crippen molar-refractivity contribution in [1.29, 1.82) is 0 Å². The summed E-state index contributed by atoms with van der Waals surface area (Å²) in [4.78, 5) is 13.0. The van der Waals surface area contributed by atoms with Crippen LogP contribution in [0.5, 0.6) is 0 Å². The Morgan fingerprint density at radius 1 is 1.54 bits per heavy atom. The van der Waals surface area contributed by atoms with E-state index in [1.807, 2.05) is 20.8 Å². The molecule has 0 N–H and O–H groups in total. The first-order chi connectivity index (χ1) is 5.93. The summed E-state index contributed by atoms with van der Waals surface area (Å²) in [5.74, 6) is -0.00306. The zero-order chi connectivity index (χ0) is 10.4. The SMILES string of the molecule is C=C(C)CN(C)C(=O)COC(C)C. The van der Waals surface area contributed by atoms with Crippen LogP contribution < -0.4 is 0 Å². The monoisotopic (exact) mass is 185 g/mol. The average Bonchev–Trinajstić information content (AvgIpc) is 1.98. The van der Waals surface area contributed by atoms with Crippen molar-refractivity contribution in [3.05, 3.63) is 12.2 Å². The molecule has 0 radical (unpaired) electrons. The van der Waals surface area contributed by atoms with Crippen LogP contribution in [0.25, 0.3) is 0 Å². The van der Waals surface area contributed by atoms with Gasteiger partial charge in [-0.15, -0.1) is 0 Å². The number of carbonyl (C=O) groups is 1. The molecule has 0 fully saturated rings. The van der Waals surface area contributed by atoms with Gasteiger partial charge in [-0.1, -0.05) is 12.2 Å². The second kappa shape index (κ2) is 5.75. The summed E-state index contributed by atoms with van der Waals surface area (Å²) in [7, 11) is 1.75. The maximum Gasteiger partial charge on any atom is 0.248 e. The summed E-state index contributed by atoms with van der Waals surface area (Å²) in [6.07, 6.45) is 0.0992. The molecule has 13 heavy (non-hydrogen) atoms. The van der Waals surface area contributed by atoms with E-state index in [-0.39, 0.29) is 18.6 Å². The maximum atomic E-state index is 11.3. The van der Waals surface area contributed by atoms with Gasteiger partial charge in [-0.05, 0) is 20.8 Å². The Labute approximate surface area is 80.4 Å². The van der Waals surface area contributed by atoms with Gasteiger partial charge in [-0.3, -0.25) is 4.79 Å². The molecule has 3 heteroatoms. The quantitative estimate of drug-likeness (QED) is 0.607. The first kappa shape index (κ1) is 12.2. The van der Waals surface area contributed by atoms with Gasteiger partial charge in [-0.25, -0.2) is 0 Å². The number of hydrogen-bond donors (Lipinski definition) is 0. The van der Waals surface area contributed by atoms with Crippen molar-refractivity contribution in [3.8, 4) is 0 Å². The molecule has 76 valence electrons. The Morgan fingerprint density at radius 2 is 2.08 bits per heavy atom. The summed E-state index contributed by atoms with van der Waals surface area (Å²) in [5.41, 5.74) is 0.973. The first-order valence-electron chi connectivity index (χ1n) is 4.43. The van der Waals surface area contributed by atoms with Gasteiger partial charge in [0, 0.05) is 13.6 Å². The summed E-state index contributed by atoms with van der Waals surface area (Å²) < 4.78 is 5.19. The zero-order valence-electron chi connectivity index (χ0n) is 8.96. The van der Waals surface area contributed by atoms with Crippen LogP contribution in [-0.2, 0) is 9.53 Å². The van der Waals surface area contributed by atoms with Crippen molar-refractivity contribution in [2.45, 2.75) is 26.9 Å². The third kappa shape index (κ3) is 6.34. The number of amides is 1. The van der Waals surface area contributed by atoms with E-state index in [4.69, 9.17) is 4.74 Å². The molecule has 0 aliphatic carbocycles. The molecule has 0 atom stereocenters. The average molecular weight is 185 g/mol. The lowest BCUT2D eigenvalue weighted by molar-refractivity contribution is -0.135. The fraction of sp³-hybridized carbons (Fsp3) is 0.700. The molecule has 0 saturated carbocycles. The highest BCUT2D eigenvalue weighted by atomic mass is 16.5. The van der Waals surface area contributed by atoms with Gasteiger partial charge in [0.25, 0.3) is 0 Å². The minimum Gasteiger partial charge on any atom is -0.369 e. The Kier molecular flexibility index (Phi) is 5.39. The number of rotatable bonds is 5. The molecule has 3 nitrogen and oxygen atoms in total. The predicted molar refractivity (Wildman–Crippen MR) is 53.5 cm³/mol. The smallest absolute Gasteiger partial charge is 0.248 e. The minimum atomic E-state index is -0.00306. The van der Waals surface area contributed by atoms with Crippen LogP contribution in [0.15, 0.2) is 12.2 Å². The minimum absolute atomic E-state index is 0.00306. The molecule has 0 spiro atoms. The van der Waals surface area contributed by atoms with Gasteiger partial charge >= 0.3 is 0 Å². The Balaban J connectivity index is 3.76. The lowest BCUT2D eigenvalue weighted by atomic mass is 10.3. The molecule has 0 aliphatic heterocycles.